The van der Waals surface area contributed by atoms with Gasteiger partial charge in [0.05, 0.1) is 30.0 Å². The Hall–Kier alpha value is -2.01. The van der Waals surface area contributed by atoms with Gasteiger partial charge in [-0.15, -0.1) is 0 Å². The lowest BCUT2D eigenvalue weighted by Crippen LogP contribution is -2.51. The third-order valence-corrected chi connectivity index (χ3v) is 13.9. The monoisotopic (exact) mass is 705 g/mol. The lowest BCUT2D eigenvalue weighted by Gasteiger charge is -2.35. The maximum absolute atomic E-state index is 13.0. The summed E-state index contributed by atoms with van der Waals surface area (Å²) in [6, 6.07) is -0.990. The van der Waals surface area contributed by atoms with E-state index in [1.807, 2.05) is 19.0 Å². The molecule has 4 aliphatic rings. The molecule has 2 heterocycles. The van der Waals surface area contributed by atoms with E-state index in [0.717, 1.165) is 77.0 Å². The van der Waals surface area contributed by atoms with Crippen LogP contribution in [0.4, 0.5) is 0 Å². The second-order valence-corrected chi connectivity index (χ2v) is 17.8. The highest BCUT2D eigenvalue weighted by molar-refractivity contribution is 7.89. The van der Waals surface area contributed by atoms with Gasteiger partial charge in [0.2, 0.25) is 20.0 Å². The summed E-state index contributed by atoms with van der Waals surface area (Å²) in [7, 11) is -3.01. The first-order valence-electron chi connectivity index (χ1n) is 17.5. The van der Waals surface area contributed by atoms with E-state index in [2.05, 4.69) is 10.3 Å². The number of carbonyl (C=O) groups excluding carboxylic acids is 1. The molecule has 2 aliphatic heterocycles. The van der Waals surface area contributed by atoms with Gasteiger partial charge >= 0.3 is 5.97 Å². The predicted molar refractivity (Wildman–Crippen MR) is 184 cm³/mol. The molecule has 0 aromatic carbocycles. The maximum Gasteiger partial charge on any atom is 0.336 e. The molecule has 0 aromatic heterocycles. The molecule has 5 N–H and O–H groups in total. The Bertz CT molecular complexity index is 1250. The zero-order valence-corrected chi connectivity index (χ0v) is 30.1. The van der Waals surface area contributed by atoms with Crippen LogP contribution >= 0.6 is 0 Å². The lowest BCUT2D eigenvalue weighted by atomic mass is 9.91. The van der Waals surface area contributed by atoms with Crippen LogP contribution in [0.25, 0.3) is 0 Å². The van der Waals surface area contributed by atoms with Crippen molar-refractivity contribution in [3.8, 4) is 0 Å². The van der Waals surface area contributed by atoms with E-state index in [1.165, 1.54) is 21.5 Å². The minimum absolute atomic E-state index is 0.0110. The van der Waals surface area contributed by atoms with E-state index in [1.54, 1.807) is 0 Å². The fourth-order valence-electron chi connectivity index (χ4n) is 7.15. The molecule has 4 fully saturated rings. The van der Waals surface area contributed by atoms with Crippen molar-refractivity contribution in [2.75, 3.05) is 45.2 Å². The Kier molecular flexibility index (Phi) is 16.1. The van der Waals surface area contributed by atoms with E-state index >= 15 is 0 Å². The topological polar surface area (TPSA) is 201 Å². The van der Waals surface area contributed by atoms with Gasteiger partial charge in [-0.05, 0) is 77.3 Å². The summed E-state index contributed by atoms with van der Waals surface area (Å²) in [6.45, 7) is 1.49. The van der Waals surface area contributed by atoms with Crippen LogP contribution in [0, 0.1) is 11.8 Å². The molecule has 16 heteroatoms. The Morgan fingerprint density at radius 3 is 1.57 bits per heavy atom. The number of piperidine rings is 2. The maximum atomic E-state index is 13.0. The highest BCUT2D eigenvalue weighted by Gasteiger charge is 2.38. The van der Waals surface area contributed by atoms with Gasteiger partial charge in [0.15, 0.2) is 11.7 Å². The number of hydrogen-bond acceptors (Lipinski definition) is 10. The van der Waals surface area contributed by atoms with Crippen LogP contribution in [-0.4, -0.2) is 111 Å². The molecule has 2 saturated heterocycles. The van der Waals surface area contributed by atoms with Crippen LogP contribution in [0.1, 0.15) is 109 Å². The molecule has 4 rings (SSSR count). The van der Waals surface area contributed by atoms with E-state index in [4.69, 9.17) is 21.5 Å². The van der Waals surface area contributed by atoms with Crippen LogP contribution < -0.4 is 11.5 Å². The van der Waals surface area contributed by atoms with E-state index in [0.29, 0.717) is 32.5 Å². The predicted octanol–water partition coefficient (Wildman–Crippen LogP) is 3.02. The SMILES string of the molecule is CN(C)CCC(=O)O/N=C(\N)[C@@H]1CCCCN1S(=O)(=O)CC1CCCCC1.N/C(=N\O)[C@@H]1CCCCN1S(=O)(=O)CC1CCCCC1. The van der Waals surface area contributed by atoms with Gasteiger partial charge < -0.3 is 26.4 Å². The summed E-state index contributed by atoms with van der Waals surface area (Å²) in [5.41, 5.74) is 11.7. The zero-order chi connectivity index (χ0) is 34.5. The van der Waals surface area contributed by atoms with Crippen molar-refractivity contribution < 1.29 is 31.7 Å². The van der Waals surface area contributed by atoms with Gasteiger partial charge in [-0.2, -0.15) is 8.61 Å². The smallest absolute Gasteiger partial charge is 0.336 e. The number of sulfonamides is 2. The molecule has 0 aromatic rings. The minimum Gasteiger partial charge on any atom is -0.409 e. The number of hydrogen-bond donors (Lipinski definition) is 3. The Morgan fingerprint density at radius 2 is 1.15 bits per heavy atom. The fourth-order valence-corrected chi connectivity index (χ4v) is 11.4. The molecule has 2 saturated carbocycles. The van der Waals surface area contributed by atoms with Gasteiger partial charge in [0, 0.05) is 19.6 Å². The molecule has 47 heavy (non-hydrogen) atoms. The summed E-state index contributed by atoms with van der Waals surface area (Å²) in [4.78, 5) is 18.5. The average molecular weight is 706 g/mol. The zero-order valence-electron chi connectivity index (χ0n) is 28.5. The molecule has 14 nitrogen and oxygen atoms in total. The number of nitrogens with two attached hydrogens (primary N) is 2. The number of nitrogens with zero attached hydrogens (tertiary/aromatic N) is 5. The number of amidine groups is 2. The van der Waals surface area contributed by atoms with Crippen LogP contribution in [0.5, 0.6) is 0 Å². The van der Waals surface area contributed by atoms with Crippen LogP contribution in [0.2, 0.25) is 0 Å². The summed E-state index contributed by atoms with van der Waals surface area (Å²) < 4.78 is 54.2. The van der Waals surface area contributed by atoms with Gasteiger partial charge in [0.25, 0.3) is 0 Å². The van der Waals surface area contributed by atoms with Crippen LogP contribution in [0.15, 0.2) is 10.3 Å². The van der Waals surface area contributed by atoms with Gasteiger partial charge in [-0.1, -0.05) is 61.7 Å². The van der Waals surface area contributed by atoms with Crippen molar-refractivity contribution in [3.63, 3.8) is 0 Å². The first-order chi connectivity index (χ1) is 22.3. The quantitative estimate of drug-likeness (QED) is 0.0891. The van der Waals surface area contributed by atoms with E-state index in [9.17, 15) is 21.6 Å². The molecule has 0 unspecified atom stereocenters. The molecule has 2 aliphatic carbocycles. The molecule has 2 atom stereocenters. The Balaban J connectivity index is 0.000000267. The third-order valence-electron chi connectivity index (χ3n) is 9.78. The molecule has 272 valence electrons. The van der Waals surface area contributed by atoms with E-state index in [-0.39, 0.29) is 41.4 Å². The molecule has 0 spiro atoms. The highest BCUT2D eigenvalue weighted by atomic mass is 32.2. The Labute approximate surface area is 282 Å². The summed E-state index contributed by atoms with van der Waals surface area (Å²) >= 11 is 0. The summed E-state index contributed by atoms with van der Waals surface area (Å²) in [6.07, 6.45) is 15.7. The molecule has 0 bridgehead atoms. The van der Waals surface area contributed by atoms with Crippen LogP contribution in [0.3, 0.4) is 0 Å². The van der Waals surface area contributed by atoms with Gasteiger partial charge in [-0.3, -0.25) is 0 Å². The summed E-state index contributed by atoms with van der Waals surface area (Å²) in [5.74, 6) is 0.495. The second kappa shape index (κ2) is 19.2. The van der Waals surface area contributed by atoms with Crippen molar-refractivity contribution in [3.05, 3.63) is 0 Å². The second-order valence-electron chi connectivity index (χ2n) is 13.9. The van der Waals surface area contributed by atoms with Crippen molar-refractivity contribution in [1.29, 1.82) is 0 Å². The molecular weight excluding hydrogens is 647 g/mol. The average Bonchev–Trinajstić information content (AvgIpc) is 3.06. The van der Waals surface area contributed by atoms with E-state index < -0.39 is 38.1 Å². The number of oxime groups is 2. The fraction of sp³-hybridized carbons (Fsp3) is 0.903. The first-order valence-corrected chi connectivity index (χ1v) is 20.7. The van der Waals surface area contributed by atoms with Crippen molar-refractivity contribution >= 4 is 37.7 Å². The molecule has 0 radical (unpaired) electrons. The first kappa shape index (κ1) is 39.4. The molecular formula is C31H59N7O7S2. The third kappa shape index (κ3) is 12.8. The van der Waals surface area contributed by atoms with Crippen molar-refractivity contribution in [2.24, 2.45) is 33.6 Å². The number of carbonyl (C=O) groups is 1. The largest absolute Gasteiger partial charge is 0.409 e. The standard InChI is InChI=1S/C18H34N4O4S.C13H25N3O3S/c1-21(2)13-11-17(23)26-20-18(19)16-10-6-7-12-22(16)27(24,25)14-15-8-4-3-5-9-15;14-13(15-17)12-8-4-5-9-16(12)20(18,19)10-11-6-2-1-3-7-11/h15-16H,3-14H2,1-2H3,(H2,19,20);11-12,17H,1-10H2,(H2,14,15)/t16-;12-/m00/s1. The van der Waals surface area contributed by atoms with Gasteiger partial charge in [0.1, 0.15) is 0 Å². The Morgan fingerprint density at radius 1 is 0.723 bits per heavy atom. The van der Waals surface area contributed by atoms with Crippen molar-refractivity contribution in [2.45, 2.75) is 121 Å². The lowest BCUT2D eigenvalue weighted by molar-refractivity contribution is -0.144. The number of rotatable bonds is 12. The minimum atomic E-state index is -3.41. The normalized spacial score (nSPS) is 25.3. The van der Waals surface area contributed by atoms with Gasteiger partial charge in [-0.25, -0.2) is 21.6 Å². The molecule has 0 amide bonds. The van der Waals surface area contributed by atoms with Crippen LogP contribution in [-0.2, 0) is 29.7 Å². The van der Waals surface area contributed by atoms with Crippen molar-refractivity contribution in [1.82, 2.24) is 13.5 Å². The summed E-state index contributed by atoms with van der Waals surface area (Å²) in [5, 5.41) is 15.6. The highest BCUT2D eigenvalue weighted by Crippen LogP contribution is 2.30.